The third-order valence-corrected chi connectivity index (χ3v) is 2.55. The standard InChI is InChI=1S/C10H12BrN/c11-9-3-1-2-8(6-9)7-12-10-4-5-10/h1-3,6,10,12H,4-5,7H2. The van der Waals surface area contributed by atoms with Gasteiger partial charge in [0.1, 0.15) is 0 Å². The van der Waals surface area contributed by atoms with Crippen LogP contribution in [0.5, 0.6) is 0 Å². The van der Waals surface area contributed by atoms with Crippen molar-refractivity contribution in [2.45, 2.75) is 25.4 Å². The first-order valence-electron chi connectivity index (χ1n) is 4.32. The third-order valence-electron chi connectivity index (χ3n) is 2.06. The van der Waals surface area contributed by atoms with Crippen LogP contribution in [0.15, 0.2) is 28.7 Å². The number of hydrogen-bond donors (Lipinski definition) is 1. The Hall–Kier alpha value is -0.340. The SMILES string of the molecule is Brc1cccc(CNC2CC2)c1. The molecule has 1 aromatic rings. The highest BCUT2D eigenvalue weighted by molar-refractivity contribution is 9.10. The van der Waals surface area contributed by atoms with Gasteiger partial charge in [0.25, 0.3) is 0 Å². The van der Waals surface area contributed by atoms with Crippen molar-refractivity contribution < 1.29 is 0 Å². The van der Waals surface area contributed by atoms with Crippen LogP contribution < -0.4 is 5.32 Å². The predicted octanol–water partition coefficient (Wildman–Crippen LogP) is 2.70. The molecule has 0 atom stereocenters. The fourth-order valence-electron chi connectivity index (χ4n) is 1.20. The summed E-state index contributed by atoms with van der Waals surface area (Å²) >= 11 is 3.46. The Kier molecular flexibility index (Phi) is 2.47. The normalized spacial score (nSPS) is 16.4. The number of halogens is 1. The van der Waals surface area contributed by atoms with Gasteiger partial charge in [0.05, 0.1) is 0 Å². The van der Waals surface area contributed by atoms with E-state index in [2.05, 4.69) is 45.5 Å². The molecule has 12 heavy (non-hydrogen) atoms. The van der Waals surface area contributed by atoms with E-state index in [9.17, 15) is 0 Å². The average molecular weight is 226 g/mol. The summed E-state index contributed by atoms with van der Waals surface area (Å²) in [5.74, 6) is 0. The molecule has 1 aliphatic carbocycles. The maximum atomic E-state index is 3.48. The maximum Gasteiger partial charge on any atom is 0.0208 e. The molecule has 0 bridgehead atoms. The summed E-state index contributed by atoms with van der Waals surface area (Å²) in [4.78, 5) is 0. The van der Waals surface area contributed by atoms with Crippen molar-refractivity contribution in [2.24, 2.45) is 0 Å². The van der Waals surface area contributed by atoms with Crippen molar-refractivity contribution in [3.63, 3.8) is 0 Å². The number of nitrogens with one attached hydrogen (secondary N) is 1. The molecule has 0 spiro atoms. The molecule has 0 heterocycles. The second-order valence-corrected chi connectivity index (χ2v) is 4.20. The van der Waals surface area contributed by atoms with Crippen molar-refractivity contribution in [1.82, 2.24) is 5.32 Å². The second kappa shape index (κ2) is 3.58. The van der Waals surface area contributed by atoms with Crippen LogP contribution in [0, 0.1) is 0 Å². The van der Waals surface area contributed by atoms with Crippen LogP contribution in [0.1, 0.15) is 18.4 Å². The molecule has 0 aromatic heterocycles. The Balaban J connectivity index is 1.92. The van der Waals surface area contributed by atoms with Gasteiger partial charge in [-0.1, -0.05) is 28.1 Å². The van der Waals surface area contributed by atoms with Gasteiger partial charge < -0.3 is 5.32 Å². The van der Waals surface area contributed by atoms with Crippen molar-refractivity contribution in [1.29, 1.82) is 0 Å². The molecule has 1 nitrogen and oxygen atoms in total. The lowest BCUT2D eigenvalue weighted by Gasteiger charge is -2.02. The van der Waals surface area contributed by atoms with Crippen molar-refractivity contribution in [3.8, 4) is 0 Å². The van der Waals surface area contributed by atoms with Crippen LogP contribution in [0.3, 0.4) is 0 Å². The van der Waals surface area contributed by atoms with E-state index >= 15 is 0 Å². The molecule has 0 amide bonds. The molecule has 1 saturated carbocycles. The maximum absolute atomic E-state index is 3.48. The third kappa shape index (κ3) is 2.32. The molecule has 0 saturated heterocycles. The lowest BCUT2D eigenvalue weighted by atomic mass is 10.2. The summed E-state index contributed by atoms with van der Waals surface area (Å²) in [5.41, 5.74) is 1.36. The van der Waals surface area contributed by atoms with Gasteiger partial charge in [-0.2, -0.15) is 0 Å². The van der Waals surface area contributed by atoms with E-state index in [0.29, 0.717) is 0 Å². The van der Waals surface area contributed by atoms with E-state index in [4.69, 9.17) is 0 Å². The van der Waals surface area contributed by atoms with E-state index in [0.717, 1.165) is 17.1 Å². The van der Waals surface area contributed by atoms with Crippen LogP contribution in [0.25, 0.3) is 0 Å². The average Bonchev–Trinajstić information content (AvgIpc) is 2.84. The molecule has 1 N–H and O–H groups in total. The van der Waals surface area contributed by atoms with Gasteiger partial charge in [-0.25, -0.2) is 0 Å². The summed E-state index contributed by atoms with van der Waals surface area (Å²) in [6, 6.07) is 9.24. The Morgan fingerprint density at radius 3 is 2.92 bits per heavy atom. The fourth-order valence-corrected chi connectivity index (χ4v) is 1.64. The molecule has 2 heteroatoms. The van der Waals surface area contributed by atoms with Crippen LogP contribution >= 0.6 is 15.9 Å². The Morgan fingerprint density at radius 1 is 1.42 bits per heavy atom. The molecular formula is C10H12BrN. The topological polar surface area (TPSA) is 12.0 Å². The largest absolute Gasteiger partial charge is 0.310 e. The molecule has 0 unspecified atom stereocenters. The van der Waals surface area contributed by atoms with E-state index < -0.39 is 0 Å². The summed E-state index contributed by atoms with van der Waals surface area (Å²) in [7, 11) is 0. The van der Waals surface area contributed by atoms with Crippen LogP contribution in [-0.2, 0) is 6.54 Å². The molecular weight excluding hydrogens is 214 g/mol. The zero-order valence-corrected chi connectivity index (χ0v) is 8.47. The first kappa shape index (κ1) is 8.27. The lowest BCUT2D eigenvalue weighted by molar-refractivity contribution is 0.687. The molecule has 2 rings (SSSR count). The van der Waals surface area contributed by atoms with Crippen molar-refractivity contribution in [3.05, 3.63) is 34.3 Å². The highest BCUT2D eigenvalue weighted by Crippen LogP contribution is 2.19. The Bertz CT molecular complexity index is 268. The second-order valence-electron chi connectivity index (χ2n) is 3.29. The Morgan fingerprint density at radius 2 is 2.25 bits per heavy atom. The zero-order valence-electron chi connectivity index (χ0n) is 6.89. The van der Waals surface area contributed by atoms with E-state index in [1.165, 1.54) is 18.4 Å². The van der Waals surface area contributed by atoms with Gasteiger partial charge >= 0.3 is 0 Å². The number of benzene rings is 1. The zero-order chi connectivity index (χ0) is 8.39. The summed E-state index contributed by atoms with van der Waals surface area (Å²) in [6.07, 6.45) is 2.71. The Labute approximate surface area is 81.3 Å². The monoisotopic (exact) mass is 225 g/mol. The molecule has 0 aliphatic heterocycles. The van der Waals surface area contributed by atoms with Gasteiger partial charge in [-0.3, -0.25) is 0 Å². The van der Waals surface area contributed by atoms with E-state index in [1.54, 1.807) is 0 Å². The molecule has 64 valence electrons. The number of rotatable bonds is 3. The number of hydrogen-bond acceptors (Lipinski definition) is 1. The highest BCUT2D eigenvalue weighted by atomic mass is 79.9. The van der Waals surface area contributed by atoms with Gasteiger partial charge in [-0.05, 0) is 30.5 Å². The highest BCUT2D eigenvalue weighted by Gasteiger charge is 2.19. The minimum Gasteiger partial charge on any atom is -0.310 e. The van der Waals surface area contributed by atoms with E-state index in [-0.39, 0.29) is 0 Å². The van der Waals surface area contributed by atoms with Gasteiger partial charge in [0, 0.05) is 17.1 Å². The predicted molar refractivity (Wildman–Crippen MR) is 54.0 cm³/mol. The first-order valence-corrected chi connectivity index (χ1v) is 5.12. The van der Waals surface area contributed by atoms with Crippen LogP contribution in [-0.4, -0.2) is 6.04 Å². The van der Waals surface area contributed by atoms with Crippen molar-refractivity contribution >= 4 is 15.9 Å². The van der Waals surface area contributed by atoms with Crippen molar-refractivity contribution in [2.75, 3.05) is 0 Å². The smallest absolute Gasteiger partial charge is 0.0208 e. The summed E-state index contributed by atoms with van der Waals surface area (Å²) < 4.78 is 1.16. The molecule has 0 radical (unpaired) electrons. The van der Waals surface area contributed by atoms with Gasteiger partial charge in [0.15, 0.2) is 0 Å². The van der Waals surface area contributed by atoms with Crippen LogP contribution in [0.2, 0.25) is 0 Å². The lowest BCUT2D eigenvalue weighted by Crippen LogP contribution is -2.14. The van der Waals surface area contributed by atoms with Gasteiger partial charge in [-0.15, -0.1) is 0 Å². The first-order chi connectivity index (χ1) is 5.84. The minimum atomic E-state index is 0.795. The summed E-state index contributed by atoms with van der Waals surface area (Å²) in [5, 5.41) is 3.48. The summed E-state index contributed by atoms with van der Waals surface area (Å²) in [6.45, 7) is 1.00. The quantitative estimate of drug-likeness (QED) is 0.835. The van der Waals surface area contributed by atoms with Crippen LogP contribution in [0.4, 0.5) is 0 Å². The molecule has 1 aliphatic rings. The molecule has 1 fully saturated rings. The fraction of sp³-hybridized carbons (Fsp3) is 0.400. The van der Waals surface area contributed by atoms with E-state index in [1.807, 2.05) is 0 Å². The van der Waals surface area contributed by atoms with Gasteiger partial charge in [0.2, 0.25) is 0 Å². The minimum absolute atomic E-state index is 0.795. The molecule has 1 aromatic carbocycles.